The molecule has 2 unspecified atom stereocenters. The molecule has 0 heterocycles. The van der Waals surface area contributed by atoms with Crippen molar-refractivity contribution >= 4 is 11.9 Å². The van der Waals surface area contributed by atoms with E-state index in [1.807, 2.05) is 0 Å². The fraction of sp³-hybridized carbons (Fsp3) is 0.750. The first-order valence-electron chi connectivity index (χ1n) is 7.46. The fourth-order valence-corrected chi connectivity index (χ4v) is 5.68. The van der Waals surface area contributed by atoms with E-state index >= 15 is 0 Å². The normalized spacial score (nSPS) is 43.5. The van der Waals surface area contributed by atoms with Gasteiger partial charge in [-0.1, -0.05) is 13.8 Å². The molecule has 4 aliphatic carbocycles. The summed E-state index contributed by atoms with van der Waals surface area (Å²) in [6.07, 6.45) is 9.39. The Morgan fingerprint density at radius 3 is 1.67 bits per heavy atom. The van der Waals surface area contributed by atoms with Gasteiger partial charge in [-0.3, -0.25) is 0 Å². The molecule has 0 aromatic carbocycles. The minimum atomic E-state index is -1.26. The molecular weight excluding hydrogens is 270 g/mol. The lowest BCUT2D eigenvalue weighted by atomic mass is 9.43. The minimum absolute atomic E-state index is 0.225. The number of aliphatic carboxylic acids is 2. The molecule has 4 N–H and O–H groups in total. The van der Waals surface area contributed by atoms with Crippen LogP contribution in [0.5, 0.6) is 0 Å². The second kappa shape index (κ2) is 5.13. The standard InChI is InChI=1S/C12H21N.C4H4O4/c1-10-3-9-4-11(2,6-10)8-12(13,5-9)7-10;5-3(6)1-2-4(7)8/h9H,3-8,13H2,1-2H3;1-2H,(H,5,6)(H,7,8)/b;2-1-. The number of hydrogen-bond acceptors (Lipinski definition) is 3. The van der Waals surface area contributed by atoms with Crippen molar-refractivity contribution in [3.63, 3.8) is 0 Å². The Morgan fingerprint density at radius 1 is 0.952 bits per heavy atom. The van der Waals surface area contributed by atoms with E-state index in [0.29, 0.717) is 23.0 Å². The van der Waals surface area contributed by atoms with Crippen molar-refractivity contribution in [1.29, 1.82) is 0 Å². The molecule has 0 saturated heterocycles. The molecule has 4 fully saturated rings. The van der Waals surface area contributed by atoms with E-state index < -0.39 is 11.9 Å². The smallest absolute Gasteiger partial charge is 0.328 e. The molecule has 4 aliphatic rings. The summed E-state index contributed by atoms with van der Waals surface area (Å²) in [6, 6.07) is 0. The van der Waals surface area contributed by atoms with Crippen LogP contribution in [0.3, 0.4) is 0 Å². The number of nitrogens with two attached hydrogens (primary N) is 1. The molecule has 118 valence electrons. The Bertz CT molecular complexity index is 418. The Morgan fingerprint density at radius 2 is 1.38 bits per heavy atom. The van der Waals surface area contributed by atoms with Gasteiger partial charge < -0.3 is 15.9 Å². The number of carboxylic acid groups (broad SMARTS) is 2. The number of carbonyl (C=O) groups is 2. The van der Waals surface area contributed by atoms with E-state index in [0.717, 1.165) is 5.92 Å². The van der Waals surface area contributed by atoms with E-state index in [1.54, 1.807) is 0 Å². The highest BCUT2D eigenvalue weighted by Crippen LogP contribution is 2.65. The lowest BCUT2D eigenvalue weighted by Gasteiger charge is -2.64. The summed E-state index contributed by atoms with van der Waals surface area (Å²) in [5, 5.41) is 15.6. The fourth-order valence-electron chi connectivity index (χ4n) is 5.68. The Labute approximate surface area is 125 Å². The second-order valence-corrected chi connectivity index (χ2v) is 8.00. The largest absolute Gasteiger partial charge is 0.478 e. The van der Waals surface area contributed by atoms with Gasteiger partial charge >= 0.3 is 11.9 Å². The monoisotopic (exact) mass is 295 g/mol. The first kappa shape index (κ1) is 16.0. The van der Waals surface area contributed by atoms with Crippen molar-refractivity contribution < 1.29 is 19.8 Å². The highest BCUT2D eigenvalue weighted by atomic mass is 16.4. The van der Waals surface area contributed by atoms with Crippen molar-refractivity contribution in [3.8, 4) is 0 Å². The molecular formula is C16H25NO4. The lowest BCUT2D eigenvalue weighted by Crippen LogP contribution is -2.62. The summed E-state index contributed by atoms with van der Waals surface area (Å²) in [5.41, 5.74) is 7.92. The number of carboxylic acids is 2. The Balaban J connectivity index is 0.000000177. The van der Waals surface area contributed by atoms with Gasteiger partial charge in [0.25, 0.3) is 0 Å². The van der Waals surface area contributed by atoms with Crippen LogP contribution in [0.25, 0.3) is 0 Å². The van der Waals surface area contributed by atoms with Crippen LogP contribution in [0.1, 0.15) is 52.4 Å². The van der Waals surface area contributed by atoms with Crippen molar-refractivity contribution in [2.45, 2.75) is 57.9 Å². The lowest BCUT2D eigenvalue weighted by molar-refractivity contribution is -0.134. The molecule has 0 aromatic heterocycles. The maximum absolute atomic E-state index is 9.55. The van der Waals surface area contributed by atoms with Crippen LogP contribution in [0.15, 0.2) is 12.2 Å². The van der Waals surface area contributed by atoms with E-state index in [-0.39, 0.29) is 5.54 Å². The van der Waals surface area contributed by atoms with Gasteiger partial charge in [0, 0.05) is 17.7 Å². The average Bonchev–Trinajstić information content (AvgIpc) is 2.20. The zero-order chi connectivity index (χ0) is 15.9. The van der Waals surface area contributed by atoms with Crippen molar-refractivity contribution in [2.24, 2.45) is 22.5 Å². The average molecular weight is 295 g/mol. The van der Waals surface area contributed by atoms with Crippen LogP contribution in [0, 0.1) is 16.7 Å². The second-order valence-electron chi connectivity index (χ2n) is 8.00. The van der Waals surface area contributed by atoms with E-state index in [9.17, 15) is 9.59 Å². The summed E-state index contributed by atoms with van der Waals surface area (Å²) >= 11 is 0. The highest BCUT2D eigenvalue weighted by molar-refractivity contribution is 5.89. The van der Waals surface area contributed by atoms with Gasteiger partial charge in [-0.2, -0.15) is 0 Å². The molecule has 21 heavy (non-hydrogen) atoms. The third-order valence-corrected chi connectivity index (χ3v) is 5.04. The Kier molecular flexibility index (Phi) is 3.91. The van der Waals surface area contributed by atoms with Gasteiger partial charge in [0.15, 0.2) is 0 Å². The van der Waals surface area contributed by atoms with E-state index in [4.69, 9.17) is 15.9 Å². The van der Waals surface area contributed by atoms with Crippen LogP contribution < -0.4 is 5.73 Å². The molecule has 0 radical (unpaired) electrons. The van der Waals surface area contributed by atoms with Crippen LogP contribution in [-0.4, -0.2) is 27.7 Å². The molecule has 0 amide bonds. The maximum Gasteiger partial charge on any atom is 0.328 e. The van der Waals surface area contributed by atoms with Gasteiger partial charge in [-0.15, -0.1) is 0 Å². The van der Waals surface area contributed by atoms with Crippen LogP contribution >= 0.6 is 0 Å². The van der Waals surface area contributed by atoms with Crippen molar-refractivity contribution in [3.05, 3.63) is 12.2 Å². The SMILES string of the molecule is CC12CC3CC(C)(C1)CC(N)(C3)C2.O=C(O)/C=C\C(=O)O. The summed E-state index contributed by atoms with van der Waals surface area (Å²) in [5.74, 6) is -1.56. The minimum Gasteiger partial charge on any atom is -0.478 e. The van der Waals surface area contributed by atoms with Gasteiger partial charge in [0.1, 0.15) is 0 Å². The molecule has 4 rings (SSSR count). The third-order valence-electron chi connectivity index (χ3n) is 5.04. The summed E-state index contributed by atoms with van der Waals surface area (Å²) in [6.45, 7) is 4.94. The predicted octanol–water partition coefficient (Wildman–Crippen LogP) is 2.41. The van der Waals surface area contributed by atoms with Gasteiger partial charge in [0.2, 0.25) is 0 Å². The summed E-state index contributed by atoms with van der Waals surface area (Å²) in [4.78, 5) is 19.1. The van der Waals surface area contributed by atoms with E-state index in [2.05, 4.69) is 13.8 Å². The predicted molar refractivity (Wildman–Crippen MR) is 78.7 cm³/mol. The zero-order valence-electron chi connectivity index (χ0n) is 12.8. The van der Waals surface area contributed by atoms with Gasteiger partial charge in [0.05, 0.1) is 0 Å². The Hall–Kier alpha value is -1.36. The molecule has 0 aromatic rings. The highest BCUT2D eigenvalue weighted by Gasteiger charge is 2.58. The first-order chi connectivity index (χ1) is 9.53. The van der Waals surface area contributed by atoms with E-state index in [1.165, 1.54) is 38.5 Å². The van der Waals surface area contributed by atoms with Crippen LogP contribution in [0.2, 0.25) is 0 Å². The number of hydrogen-bond donors (Lipinski definition) is 3. The molecule has 4 saturated carbocycles. The topological polar surface area (TPSA) is 101 Å². The summed E-state index contributed by atoms with van der Waals surface area (Å²) in [7, 11) is 0. The van der Waals surface area contributed by atoms with Crippen molar-refractivity contribution in [2.75, 3.05) is 0 Å². The molecule has 4 bridgehead atoms. The molecule has 5 nitrogen and oxygen atoms in total. The molecule has 5 heteroatoms. The van der Waals surface area contributed by atoms with Gasteiger partial charge in [-0.25, -0.2) is 9.59 Å². The molecule has 0 spiro atoms. The van der Waals surface area contributed by atoms with Crippen LogP contribution in [0.4, 0.5) is 0 Å². The first-order valence-corrected chi connectivity index (χ1v) is 7.46. The van der Waals surface area contributed by atoms with Gasteiger partial charge in [-0.05, 0) is 55.3 Å². The zero-order valence-corrected chi connectivity index (χ0v) is 12.8. The quantitative estimate of drug-likeness (QED) is 0.679. The van der Waals surface area contributed by atoms with Crippen molar-refractivity contribution in [1.82, 2.24) is 0 Å². The third kappa shape index (κ3) is 3.84. The number of rotatable bonds is 2. The van der Waals surface area contributed by atoms with Crippen LogP contribution in [-0.2, 0) is 9.59 Å². The molecule has 2 atom stereocenters. The maximum atomic E-state index is 9.55. The summed E-state index contributed by atoms with van der Waals surface area (Å²) < 4.78 is 0. The molecule has 0 aliphatic heterocycles.